The molecule has 2 heterocycles. The fourth-order valence-corrected chi connectivity index (χ4v) is 2.77. The molecule has 1 N–H and O–H groups in total. The first-order valence-electron chi connectivity index (χ1n) is 6.92. The predicted molar refractivity (Wildman–Crippen MR) is 79.8 cm³/mol. The summed E-state index contributed by atoms with van der Waals surface area (Å²) >= 11 is 3.21. The lowest BCUT2D eigenvalue weighted by molar-refractivity contribution is 0.204. The Labute approximate surface area is 122 Å². The quantitative estimate of drug-likeness (QED) is 0.895. The smallest absolute Gasteiger partial charge is 0.166 e. The van der Waals surface area contributed by atoms with Gasteiger partial charge in [-0.2, -0.15) is 0 Å². The van der Waals surface area contributed by atoms with E-state index in [1.807, 2.05) is 0 Å². The highest BCUT2D eigenvalue weighted by Crippen LogP contribution is 2.17. The Kier molecular flexibility index (Phi) is 5.58. The summed E-state index contributed by atoms with van der Waals surface area (Å²) in [7, 11) is 0. The monoisotopic (exact) mass is 329 g/mol. The molecule has 106 valence electrons. The molecule has 19 heavy (non-hydrogen) atoms. The molecule has 5 heteroatoms. The van der Waals surface area contributed by atoms with Crippen molar-refractivity contribution >= 4 is 21.7 Å². The van der Waals surface area contributed by atoms with Crippen LogP contribution in [0.5, 0.6) is 0 Å². The number of nitrogens with zero attached hydrogens (tertiary/aromatic N) is 2. The Hall–Kier alpha value is -0.680. The van der Waals surface area contributed by atoms with E-state index in [1.54, 1.807) is 6.20 Å². The first kappa shape index (κ1) is 14.7. The number of halogens is 2. The van der Waals surface area contributed by atoms with Crippen LogP contribution < -0.4 is 5.32 Å². The van der Waals surface area contributed by atoms with Gasteiger partial charge in [0.15, 0.2) is 11.6 Å². The van der Waals surface area contributed by atoms with Crippen molar-refractivity contribution < 1.29 is 4.39 Å². The van der Waals surface area contributed by atoms with Gasteiger partial charge in [-0.25, -0.2) is 9.37 Å². The summed E-state index contributed by atoms with van der Waals surface area (Å²) in [5.74, 6) is 0.524. The van der Waals surface area contributed by atoms with Gasteiger partial charge in [0, 0.05) is 23.8 Å². The van der Waals surface area contributed by atoms with Gasteiger partial charge < -0.3 is 10.2 Å². The molecule has 2 rings (SSSR count). The van der Waals surface area contributed by atoms with Crippen LogP contribution in [0, 0.1) is 11.7 Å². The lowest BCUT2D eigenvalue weighted by Gasteiger charge is -2.29. The molecule has 1 aromatic rings. The van der Waals surface area contributed by atoms with Crippen molar-refractivity contribution in [2.45, 2.75) is 26.2 Å². The van der Waals surface area contributed by atoms with Gasteiger partial charge in [-0.15, -0.1) is 0 Å². The zero-order valence-electron chi connectivity index (χ0n) is 11.3. The third-order valence-electron chi connectivity index (χ3n) is 3.44. The van der Waals surface area contributed by atoms with Gasteiger partial charge in [-0.05, 0) is 53.8 Å². The fraction of sp³-hybridized carbons (Fsp3) is 0.643. The van der Waals surface area contributed by atoms with Crippen LogP contribution in [0.2, 0.25) is 0 Å². The van der Waals surface area contributed by atoms with E-state index in [1.165, 1.54) is 38.4 Å². The molecule has 0 radical (unpaired) electrons. The average molecular weight is 330 g/mol. The van der Waals surface area contributed by atoms with Crippen molar-refractivity contribution in [3.63, 3.8) is 0 Å². The Morgan fingerprint density at radius 1 is 1.42 bits per heavy atom. The molecule has 0 aliphatic carbocycles. The molecule has 1 aliphatic rings. The molecule has 0 saturated carbocycles. The fourth-order valence-electron chi connectivity index (χ4n) is 2.46. The van der Waals surface area contributed by atoms with Crippen LogP contribution >= 0.6 is 15.9 Å². The maximum atomic E-state index is 13.6. The van der Waals surface area contributed by atoms with E-state index < -0.39 is 0 Å². The second-order valence-corrected chi connectivity index (χ2v) is 6.25. The lowest BCUT2D eigenvalue weighted by atomic mass is 10.1. The highest BCUT2D eigenvalue weighted by Gasteiger charge is 2.14. The van der Waals surface area contributed by atoms with E-state index in [0.29, 0.717) is 16.2 Å². The van der Waals surface area contributed by atoms with Crippen molar-refractivity contribution in [3.05, 3.63) is 22.6 Å². The molecular weight excluding hydrogens is 309 g/mol. The second-order valence-electron chi connectivity index (χ2n) is 5.33. The molecule has 1 aromatic heterocycles. The molecule has 1 fully saturated rings. The van der Waals surface area contributed by atoms with E-state index >= 15 is 0 Å². The van der Waals surface area contributed by atoms with Crippen LogP contribution in [-0.2, 0) is 0 Å². The van der Waals surface area contributed by atoms with E-state index in [4.69, 9.17) is 0 Å². The standard InChI is InChI=1S/C14H21BrFN3/c1-11(10-19-5-3-2-4-6-19)8-17-14-13(16)7-12(15)9-18-14/h7,9,11H,2-6,8,10H2,1H3,(H,17,18). The van der Waals surface area contributed by atoms with E-state index in [2.05, 4.69) is 38.1 Å². The molecule has 0 spiro atoms. The molecule has 1 saturated heterocycles. The number of hydrogen-bond donors (Lipinski definition) is 1. The van der Waals surface area contributed by atoms with E-state index in [-0.39, 0.29) is 5.82 Å². The topological polar surface area (TPSA) is 28.2 Å². The molecule has 1 aliphatic heterocycles. The summed E-state index contributed by atoms with van der Waals surface area (Å²) in [6.45, 7) is 6.43. The van der Waals surface area contributed by atoms with Crippen LogP contribution in [0.25, 0.3) is 0 Å². The zero-order chi connectivity index (χ0) is 13.7. The summed E-state index contributed by atoms with van der Waals surface area (Å²) < 4.78 is 14.3. The van der Waals surface area contributed by atoms with E-state index in [9.17, 15) is 4.39 Å². The summed E-state index contributed by atoms with van der Waals surface area (Å²) in [6, 6.07) is 1.44. The van der Waals surface area contributed by atoms with Crippen LogP contribution in [0.4, 0.5) is 10.2 Å². The van der Waals surface area contributed by atoms with Crippen LogP contribution in [-0.4, -0.2) is 36.1 Å². The third-order valence-corrected chi connectivity index (χ3v) is 3.88. The maximum Gasteiger partial charge on any atom is 0.166 e. The largest absolute Gasteiger partial charge is 0.367 e. The Bertz CT molecular complexity index is 408. The number of rotatable bonds is 5. The molecule has 0 aromatic carbocycles. The van der Waals surface area contributed by atoms with Gasteiger partial charge in [-0.3, -0.25) is 0 Å². The molecule has 3 nitrogen and oxygen atoms in total. The third kappa shape index (κ3) is 4.73. The van der Waals surface area contributed by atoms with Crippen LogP contribution in [0.1, 0.15) is 26.2 Å². The van der Waals surface area contributed by atoms with Crippen molar-refractivity contribution in [1.82, 2.24) is 9.88 Å². The Balaban J connectivity index is 1.77. The minimum atomic E-state index is -0.306. The predicted octanol–water partition coefficient (Wildman–Crippen LogP) is 3.52. The summed E-state index contributed by atoms with van der Waals surface area (Å²) in [4.78, 5) is 6.55. The number of anilines is 1. The Morgan fingerprint density at radius 2 is 2.16 bits per heavy atom. The summed E-state index contributed by atoms with van der Waals surface area (Å²) in [5, 5.41) is 3.10. The first-order valence-corrected chi connectivity index (χ1v) is 7.71. The van der Waals surface area contributed by atoms with Gasteiger partial charge >= 0.3 is 0 Å². The van der Waals surface area contributed by atoms with Crippen LogP contribution in [0.3, 0.4) is 0 Å². The van der Waals surface area contributed by atoms with E-state index in [0.717, 1.165) is 13.1 Å². The number of pyridine rings is 1. The van der Waals surface area contributed by atoms with Gasteiger partial charge in [0.1, 0.15) is 0 Å². The second kappa shape index (κ2) is 7.20. The number of hydrogen-bond acceptors (Lipinski definition) is 3. The number of piperidine rings is 1. The molecule has 0 bridgehead atoms. The lowest BCUT2D eigenvalue weighted by Crippen LogP contribution is -2.35. The zero-order valence-corrected chi connectivity index (χ0v) is 12.9. The van der Waals surface area contributed by atoms with Gasteiger partial charge in [0.25, 0.3) is 0 Å². The highest BCUT2D eigenvalue weighted by atomic mass is 79.9. The average Bonchev–Trinajstić information content (AvgIpc) is 2.39. The van der Waals surface area contributed by atoms with Crippen molar-refractivity contribution in [1.29, 1.82) is 0 Å². The van der Waals surface area contributed by atoms with Crippen molar-refractivity contribution in [2.75, 3.05) is 31.5 Å². The molecule has 0 amide bonds. The first-order chi connectivity index (χ1) is 9.15. The van der Waals surface area contributed by atoms with Crippen molar-refractivity contribution in [2.24, 2.45) is 5.92 Å². The highest BCUT2D eigenvalue weighted by molar-refractivity contribution is 9.10. The molecule has 1 unspecified atom stereocenters. The van der Waals surface area contributed by atoms with Gasteiger partial charge in [-0.1, -0.05) is 13.3 Å². The number of likely N-dealkylation sites (tertiary alicyclic amines) is 1. The van der Waals surface area contributed by atoms with Crippen molar-refractivity contribution in [3.8, 4) is 0 Å². The maximum absolute atomic E-state index is 13.6. The minimum Gasteiger partial charge on any atom is -0.367 e. The van der Waals surface area contributed by atoms with Gasteiger partial charge in [0.2, 0.25) is 0 Å². The number of aromatic nitrogens is 1. The SMILES string of the molecule is CC(CNc1ncc(Br)cc1F)CN1CCCCC1. The molecular formula is C14H21BrFN3. The van der Waals surface area contributed by atoms with Crippen LogP contribution in [0.15, 0.2) is 16.7 Å². The number of nitrogens with one attached hydrogen (secondary N) is 1. The molecule has 1 atom stereocenters. The summed E-state index contributed by atoms with van der Waals surface area (Å²) in [5.41, 5.74) is 0. The minimum absolute atomic E-state index is 0.306. The van der Waals surface area contributed by atoms with Gasteiger partial charge in [0.05, 0.1) is 0 Å². The Morgan fingerprint density at radius 3 is 2.84 bits per heavy atom. The summed E-state index contributed by atoms with van der Waals surface area (Å²) in [6.07, 6.45) is 5.59. The normalized spacial score (nSPS) is 18.3.